The zero-order chi connectivity index (χ0) is 39.8. The smallest absolute Gasteiger partial charge is 0.340 e. The van der Waals surface area contributed by atoms with Gasteiger partial charge in [-0.15, -0.1) is 0 Å². The number of esters is 4. The molecule has 0 aliphatic carbocycles. The van der Waals surface area contributed by atoms with Crippen LogP contribution in [0, 0.1) is 0 Å². The minimum absolute atomic E-state index is 0.606. The number of carbonyl (C=O) groups is 4. The van der Waals surface area contributed by atoms with Gasteiger partial charge in [0.1, 0.15) is 0 Å². The van der Waals surface area contributed by atoms with Gasteiger partial charge >= 0.3 is 23.9 Å². The van der Waals surface area contributed by atoms with E-state index in [2.05, 4.69) is 0 Å². The molecule has 4 atom stereocenters. The van der Waals surface area contributed by atoms with Crippen molar-refractivity contribution in [2.45, 2.75) is 24.6 Å². The lowest BCUT2D eigenvalue weighted by molar-refractivity contribution is -0.250. The Morgan fingerprint density at radius 3 is 0.981 bits per heavy atom. The summed E-state index contributed by atoms with van der Waals surface area (Å²) in [5.74, 6) is -17.9. The van der Waals surface area contributed by atoms with Gasteiger partial charge in [-0.25, -0.2) is 19.2 Å². The third-order valence-electron chi connectivity index (χ3n) is 7.57. The van der Waals surface area contributed by atoms with Crippen molar-refractivity contribution in [3.05, 3.63) is 70.8 Å². The van der Waals surface area contributed by atoms with Gasteiger partial charge in [-0.3, -0.25) is 0 Å². The number of benzene rings is 4. The standard InChI is InChI=1S/C33H26O21/c34-14-1-10(2-15(35)23(14)42)29(46)51-22-9-50-33(54-32(49)13-7-20(40)26(45)21(41)8-13)28(53-31(48)12-5-18(38)25(44)19(39)6-12)27(22)52-30(47)11-3-16(36)24(43)17(37)4-11/h1-8,22,27-28,33-45H,9H2/t22-,27+,28+,33+/m1/s1. The van der Waals surface area contributed by atoms with Gasteiger partial charge in [-0.2, -0.15) is 0 Å². The molecule has 4 aromatic rings. The first kappa shape index (κ1) is 37.6. The van der Waals surface area contributed by atoms with E-state index in [0.29, 0.717) is 48.5 Å². The van der Waals surface area contributed by atoms with Crippen LogP contribution in [-0.2, 0) is 23.7 Å². The normalized spacial score (nSPS) is 17.9. The Labute approximate surface area is 299 Å². The maximum absolute atomic E-state index is 13.4. The maximum Gasteiger partial charge on any atom is 0.340 e. The minimum atomic E-state index is -2.25. The summed E-state index contributed by atoms with van der Waals surface area (Å²) in [5, 5.41) is 118. The molecular weight excluding hydrogens is 732 g/mol. The summed E-state index contributed by atoms with van der Waals surface area (Å²) in [6.07, 6.45) is -8.50. The Hall–Kier alpha value is -7.68. The van der Waals surface area contributed by atoms with E-state index in [1.54, 1.807) is 0 Å². The molecule has 54 heavy (non-hydrogen) atoms. The molecule has 0 bridgehead atoms. The molecule has 4 aromatic carbocycles. The molecule has 1 fully saturated rings. The second kappa shape index (κ2) is 14.5. The molecule has 0 aromatic heterocycles. The van der Waals surface area contributed by atoms with Gasteiger partial charge in [-0.1, -0.05) is 0 Å². The van der Waals surface area contributed by atoms with Crippen molar-refractivity contribution in [1.82, 2.24) is 0 Å². The molecular formula is C33H26O21. The zero-order valence-corrected chi connectivity index (χ0v) is 26.7. The molecule has 1 saturated heterocycles. The van der Waals surface area contributed by atoms with Gasteiger partial charge in [0.25, 0.3) is 0 Å². The van der Waals surface area contributed by atoms with Crippen molar-refractivity contribution >= 4 is 23.9 Å². The van der Waals surface area contributed by atoms with E-state index in [-0.39, 0.29) is 0 Å². The van der Waals surface area contributed by atoms with Crippen molar-refractivity contribution in [3.63, 3.8) is 0 Å². The first-order valence-electron chi connectivity index (χ1n) is 14.8. The Balaban J connectivity index is 1.58. The molecule has 21 heteroatoms. The number of phenols is 12. The van der Waals surface area contributed by atoms with E-state index >= 15 is 0 Å². The molecule has 12 N–H and O–H groups in total. The minimum Gasteiger partial charge on any atom is -0.504 e. The average Bonchev–Trinajstić information content (AvgIpc) is 3.11. The van der Waals surface area contributed by atoms with Crippen LogP contribution in [0.2, 0.25) is 0 Å². The molecule has 1 aliphatic heterocycles. The van der Waals surface area contributed by atoms with Gasteiger partial charge < -0.3 is 85.0 Å². The molecule has 21 nitrogen and oxygen atoms in total. The van der Waals surface area contributed by atoms with Gasteiger partial charge in [-0.05, 0) is 48.5 Å². The van der Waals surface area contributed by atoms with Crippen LogP contribution in [-0.4, -0.2) is 116 Å². The summed E-state index contributed by atoms with van der Waals surface area (Å²) in [4.78, 5) is 53.2. The molecule has 0 saturated carbocycles. The first-order valence-corrected chi connectivity index (χ1v) is 14.8. The predicted octanol–water partition coefficient (Wildman–Crippen LogP) is 1.34. The van der Waals surface area contributed by atoms with E-state index in [4.69, 9.17) is 23.7 Å². The molecule has 0 radical (unpaired) electrons. The first-order chi connectivity index (χ1) is 25.4. The number of hydrogen-bond donors (Lipinski definition) is 12. The van der Waals surface area contributed by atoms with Crippen LogP contribution in [0.5, 0.6) is 69.0 Å². The molecule has 0 spiro atoms. The Bertz CT molecular complexity index is 1930. The fourth-order valence-corrected chi connectivity index (χ4v) is 4.86. The summed E-state index contributed by atoms with van der Waals surface area (Å²) >= 11 is 0. The average molecular weight is 759 g/mol. The van der Waals surface area contributed by atoms with Gasteiger partial charge in [0.15, 0.2) is 81.2 Å². The second-order valence-corrected chi connectivity index (χ2v) is 11.2. The molecule has 1 aliphatic rings. The lowest BCUT2D eigenvalue weighted by Gasteiger charge is -2.40. The lowest BCUT2D eigenvalue weighted by Crippen LogP contribution is -2.58. The quantitative estimate of drug-likeness (QED) is 0.0685. The number of carbonyl (C=O) groups excluding carboxylic acids is 4. The summed E-state index contributed by atoms with van der Waals surface area (Å²) in [7, 11) is 0. The number of phenolic OH excluding ortho intramolecular Hbond substituents is 12. The van der Waals surface area contributed by atoms with E-state index in [0.717, 1.165) is 0 Å². The Morgan fingerprint density at radius 1 is 0.407 bits per heavy atom. The topological polar surface area (TPSA) is 357 Å². The van der Waals surface area contributed by atoms with Crippen LogP contribution < -0.4 is 0 Å². The molecule has 1 heterocycles. The van der Waals surface area contributed by atoms with Gasteiger partial charge in [0.05, 0.1) is 28.9 Å². The highest BCUT2D eigenvalue weighted by Crippen LogP contribution is 2.40. The SMILES string of the molecule is O=C(O[C@@H]1OC[C@@H](OC(=O)c2cc(O)c(O)c(O)c2)[C@H](OC(=O)c2cc(O)c(O)c(O)c2)[C@@H]1OC(=O)c1cc(O)c(O)c(O)c1)c1cc(O)c(O)c(O)c1. The fourth-order valence-electron chi connectivity index (χ4n) is 4.86. The van der Waals surface area contributed by atoms with Gasteiger partial charge in [0.2, 0.25) is 12.4 Å². The van der Waals surface area contributed by atoms with Crippen LogP contribution in [0.3, 0.4) is 0 Å². The van der Waals surface area contributed by atoms with E-state index in [1.165, 1.54) is 0 Å². The summed E-state index contributed by atoms with van der Waals surface area (Å²) in [6.45, 7) is -0.898. The lowest BCUT2D eigenvalue weighted by atomic mass is 10.0. The molecule has 284 valence electrons. The van der Waals surface area contributed by atoms with Crippen LogP contribution in [0.15, 0.2) is 48.5 Å². The number of aromatic hydroxyl groups is 12. The van der Waals surface area contributed by atoms with E-state index < -0.39 is 146 Å². The van der Waals surface area contributed by atoms with Crippen LogP contribution in [0.4, 0.5) is 0 Å². The fraction of sp³-hybridized carbons (Fsp3) is 0.152. The largest absolute Gasteiger partial charge is 0.504 e. The molecule has 0 unspecified atom stereocenters. The second-order valence-electron chi connectivity index (χ2n) is 11.2. The van der Waals surface area contributed by atoms with Crippen molar-refractivity contribution < 1.29 is 104 Å². The molecule has 5 rings (SSSR count). The highest BCUT2D eigenvalue weighted by Gasteiger charge is 2.50. The van der Waals surface area contributed by atoms with Crippen molar-refractivity contribution in [3.8, 4) is 69.0 Å². The number of rotatable bonds is 8. The monoisotopic (exact) mass is 758 g/mol. The highest BCUT2D eigenvalue weighted by molar-refractivity contribution is 5.94. The molecule has 0 amide bonds. The zero-order valence-electron chi connectivity index (χ0n) is 26.7. The van der Waals surface area contributed by atoms with E-state index in [9.17, 15) is 80.5 Å². The number of hydrogen-bond acceptors (Lipinski definition) is 21. The summed E-state index contributed by atoms with van der Waals surface area (Å²) < 4.78 is 27.1. The van der Waals surface area contributed by atoms with Crippen molar-refractivity contribution in [2.75, 3.05) is 6.61 Å². The summed E-state index contributed by atoms with van der Waals surface area (Å²) in [5.41, 5.74) is -2.59. The van der Waals surface area contributed by atoms with Gasteiger partial charge in [0, 0.05) is 0 Å². The predicted molar refractivity (Wildman–Crippen MR) is 169 cm³/mol. The van der Waals surface area contributed by atoms with Crippen molar-refractivity contribution in [1.29, 1.82) is 0 Å². The van der Waals surface area contributed by atoms with Crippen LogP contribution in [0.1, 0.15) is 41.4 Å². The Morgan fingerprint density at radius 2 is 0.667 bits per heavy atom. The van der Waals surface area contributed by atoms with Crippen LogP contribution in [0.25, 0.3) is 0 Å². The maximum atomic E-state index is 13.4. The third-order valence-corrected chi connectivity index (χ3v) is 7.57. The van der Waals surface area contributed by atoms with Crippen LogP contribution >= 0.6 is 0 Å². The van der Waals surface area contributed by atoms with E-state index in [1.807, 2.05) is 0 Å². The highest BCUT2D eigenvalue weighted by atomic mass is 16.7. The number of ether oxygens (including phenoxy) is 5. The summed E-state index contributed by atoms with van der Waals surface area (Å²) in [6, 6.07) is 5.13. The third kappa shape index (κ3) is 7.50. The van der Waals surface area contributed by atoms with Crippen molar-refractivity contribution in [2.24, 2.45) is 0 Å². The Kier molecular flexibility index (Phi) is 10.1.